The predicted octanol–water partition coefficient (Wildman–Crippen LogP) is 3.53. The fourth-order valence-corrected chi connectivity index (χ4v) is 1.25. The molecule has 1 unspecified atom stereocenters. The molecule has 0 N–H and O–H groups in total. The molecule has 0 spiro atoms. The second-order valence-electron chi connectivity index (χ2n) is 3.11. The van der Waals surface area contributed by atoms with Crippen LogP contribution < -0.4 is 0 Å². The van der Waals surface area contributed by atoms with Crippen molar-refractivity contribution in [2.24, 2.45) is 0 Å². The topological polar surface area (TPSA) is 12.9 Å². The Kier molecular flexibility index (Phi) is 3.34. The number of hydrogen-bond donors (Lipinski definition) is 0. The second-order valence-corrected chi connectivity index (χ2v) is 3.11. The Balaban J connectivity index is 3.04. The van der Waals surface area contributed by atoms with Crippen molar-refractivity contribution in [1.82, 2.24) is 4.98 Å². The van der Waals surface area contributed by atoms with Crippen molar-refractivity contribution < 1.29 is 8.78 Å². The van der Waals surface area contributed by atoms with Gasteiger partial charge in [0, 0.05) is 18.0 Å². The highest BCUT2D eigenvalue weighted by atomic mass is 19.3. The van der Waals surface area contributed by atoms with Gasteiger partial charge in [0.05, 0.1) is 0 Å². The van der Waals surface area contributed by atoms with E-state index in [0.717, 1.165) is 6.42 Å². The lowest BCUT2D eigenvalue weighted by Crippen LogP contribution is -1.99. The SMILES string of the molecule is CCC(C)c1cnccc1C(F)F. The molecule has 0 radical (unpaired) electrons. The van der Waals surface area contributed by atoms with Gasteiger partial charge in [-0.3, -0.25) is 4.98 Å². The summed E-state index contributed by atoms with van der Waals surface area (Å²) in [4.78, 5) is 3.86. The summed E-state index contributed by atoms with van der Waals surface area (Å²) in [6.07, 6.45) is 1.40. The van der Waals surface area contributed by atoms with Crippen LogP contribution >= 0.6 is 0 Å². The highest BCUT2D eigenvalue weighted by Gasteiger charge is 2.15. The van der Waals surface area contributed by atoms with E-state index in [1.54, 1.807) is 0 Å². The van der Waals surface area contributed by atoms with E-state index in [0.29, 0.717) is 5.56 Å². The molecular formula is C10H13F2N. The number of halogens is 2. The van der Waals surface area contributed by atoms with E-state index >= 15 is 0 Å². The van der Waals surface area contributed by atoms with Gasteiger partial charge in [-0.15, -0.1) is 0 Å². The first kappa shape index (κ1) is 10.1. The van der Waals surface area contributed by atoms with Crippen LogP contribution in [0, 0.1) is 0 Å². The molecule has 1 nitrogen and oxygen atoms in total. The summed E-state index contributed by atoms with van der Waals surface area (Å²) < 4.78 is 25.0. The quantitative estimate of drug-likeness (QED) is 0.701. The maximum Gasteiger partial charge on any atom is 0.264 e. The van der Waals surface area contributed by atoms with Gasteiger partial charge in [0.1, 0.15) is 0 Å². The van der Waals surface area contributed by atoms with Crippen molar-refractivity contribution in [3.05, 3.63) is 29.6 Å². The molecule has 0 aliphatic carbocycles. The Labute approximate surface area is 76.8 Å². The van der Waals surface area contributed by atoms with Gasteiger partial charge in [-0.25, -0.2) is 8.78 Å². The van der Waals surface area contributed by atoms with Crippen molar-refractivity contribution in [2.45, 2.75) is 32.6 Å². The molecule has 0 fully saturated rings. The summed E-state index contributed by atoms with van der Waals surface area (Å²) in [7, 11) is 0. The van der Waals surface area contributed by atoms with E-state index in [1.807, 2.05) is 13.8 Å². The predicted molar refractivity (Wildman–Crippen MR) is 47.9 cm³/mol. The number of pyridine rings is 1. The molecule has 0 aliphatic heterocycles. The van der Waals surface area contributed by atoms with Crippen molar-refractivity contribution in [1.29, 1.82) is 0 Å². The Morgan fingerprint density at radius 2 is 2.08 bits per heavy atom. The molecule has 0 aromatic carbocycles. The van der Waals surface area contributed by atoms with Crippen LogP contribution in [0.5, 0.6) is 0 Å². The first-order valence-corrected chi connectivity index (χ1v) is 4.38. The van der Waals surface area contributed by atoms with Crippen LogP contribution in [-0.2, 0) is 0 Å². The Bertz CT molecular complexity index is 273. The average molecular weight is 185 g/mol. The molecule has 1 aromatic rings. The lowest BCUT2D eigenvalue weighted by molar-refractivity contribution is 0.149. The molecule has 1 rings (SSSR count). The number of hydrogen-bond acceptors (Lipinski definition) is 1. The van der Waals surface area contributed by atoms with Gasteiger partial charge in [-0.2, -0.15) is 0 Å². The number of aromatic nitrogens is 1. The van der Waals surface area contributed by atoms with E-state index in [4.69, 9.17) is 0 Å². The van der Waals surface area contributed by atoms with Gasteiger partial charge in [-0.1, -0.05) is 13.8 Å². The van der Waals surface area contributed by atoms with Gasteiger partial charge in [-0.05, 0) is 24.0 Å². The van der Waals surface area contributed by atoms with Crippen LogP contribution in [0.2, 0.25) is 0 Å². The summed E-state index contributed by atoms with van der Waals surface area (Å²) in [5, 5.41) is 0. The largest absolute Gasteiger partial charge is 0.264 e. The molecule has 1 aromatic heterocycles. The van der Waals surface area contributed by atoms with Gasteiger partial charge in [0.2, 0.25) is 0 Å². The van der Waals surface area contributed by atoms with Gasteiger partial charge < -0.3 is 0 Å². The Hall–Kier alpha value is -0.990. The third kappa shape index (κ3) is 2.23. The minimum absolute atomic E-state index is 0.115. The van der Waals surface area contributed by atoms with E-state index in [1.165, 1.54) is 18.5 Å². The smallest absolute Gasteiger partial charge is 0.264 e. The number of alkyl halides is 2. The highest BCUT2D eigenvalue weighted by molar-refractivity contribution is 5.27. The van der Waals surface area contributed by atoms with Crippen LogP contribution in [0.3, 0.4) is 0 Å². The molecular weight excluding hydrogens is 172 g/mol. The standard InChI is InChI=1S/C10H13F2N/c1-3-7(2)9-6-13-5-4-8(9)10(11)12/h4-7,10H,3H2,1-2H3. The van der Waals surface area contributed by atoms with Crippen LogP contribution in [0.4, 0.5) is 8.78 Å². The molecule has 0 amide bonds. The minimum Gasteiger partial charge on any atom is -0.264 e. The first-order valence-electron chi connectivity index (χ1n) is 4.38. The Morgan fingerprint density at radius 1 is 1.38 bits per heavy atom. The lowest BCUT2D eigenvalue weighted by Gasteiger charge is -2.12. The average Bonchev–Trinajstić information content (AvgIpc) is 2.16. The van der Waals surface area contributed by atoms with Crippen molar-refractivity contribution in [3.8, 4) is 0 Å². The summed E-state index contributed by atoms with van der Waals surface area (Å²) in [6, 6.07) is 1.40. The van der Waals surface area contributed by atoms with Crippen molar-refractivity contribution in [2.75, 3.05) is 0 Å². The van der Waals surface area contributed by atoms with E-state index < -0.39 is 6.43 Å². The van der Waals surface area contributed by atoms with Crippen molar-refractivity contribution >= 4 is 0 Å². The van der Waals surface area contributed by atoms with Crippen LogP contribution in [0.15, 0.2) is 18.5 Å². The van der Waals surface area contributed by atoms with Crippen LogP contribution in [-0.4, -0.2) is 4.98 Å². The molecule has 0 saturated carbocycles. The Morgan fingerprint density at radius 3 is 2.62 bits per heavy atom. The molecule has 0 saturated heterocycles. The summed E-state index contributed by atoms with van der Waals surface area (Å²) in [5.41, 5.74) is 0.782. The monoisotopic (exact) mass is 185 g/mol. The molecule has 3 heteroatoms. The zero-order valence-corrected chi connectivity index (χ0v) is 7.80. The molecule has 1 heterocycles. The number of nitrogens with zero attached hydrogens (tertiary/aromatic N) is 1. The lowest BCUT2D eigenvalue weighted by atomic mass is 9.96. The molecule has 0 bridgehead atoms. The van der Waals surface area contributed by atoms with Crippen LogP contribution in [0.25, 0.3) is 0 Å². The molecule has 13 heavy (non-hydrogen) atoms. The van der Waals surface area contributed by atoms with E-state index in [9.17, 15) is 8.78 Å². The second kappa shape index (κ2) is 4.30. The fourth-order valence-electron chi connectivity index (χ4n) is 1.25. The van der Waals surface area contributed by atoms with Gasteiger partial charge in [0.25, 0.3) is 6.43 Å². The van der Waals surface area contributed by atoms with Crippen LogP contribution in [0.1, 0.15) is 43.7 Å². The van der Waals surface area contributed by atoms with Gasteiger partial charge >= 0.3 is 0 Å². The van der Waals surface area contributed by atoms with Gasteiger partial charge in [0.15, 0.2) is 0 Å². The third-order valence-corrected chi connectivity index (χ3v) is 2.27. The zero-order chi connectivity index (χ0) is 9.84. The maximum absolute atomic E-state index is 12.5. The minimum atomic E-state index is -2.40. The molecule has 72 valence electrons. The number of rotatable bonds is 3. The zero-order valence-electron chi connectivity index (χ0n) is 7.80. The summed E-state index contributed by atoms with van der Waals surface area (Å²) >= 11 is 0. The van der Waals surface area contributed by atoms with Crippen molar-refractivity contribution in [3.63, 3.8) is 0 Å². The summed E-state index contributed by atoms with van der Waals surface area (Å²) in [6.45, 7) is 3.91. The first-order chi connectivity index (χ1) is 6.16. The fraction of sp³-hybridized carbons (Fsp3) is 0.500. The summed E-state index contributed by atoms with van der Waals surface area (Å²) in [5.74, 6) is 0.151. The third-order valence-electron chi connectivity index (χ3n) is 2.27. The molecule has 1 atom stereocenters. The van der Waals surface area contributed by atoms with E-state index in [2.05, 4.69) is 4.98 Å². The van der Waals surface area contributed by atoms with E-state index in [-0.39, 0.29) is 11.5 Å². The highest BCUT2D eigenvalue weighted by Crippen LogP contribution is 2.28. The maximum atomic E-state index is 12.5. The normalized spacial score (nSPS) is 13.3. The molecule has 0 aliphatic rings.